The Labute approximate surface area is 163 Å². The van der Waals surface area contributed by atoms with Gasteiger partial charge in [0.2, 0.25) is 0 Å². The molecule has 2 rings (SSSR count). The number of hydrogen-bond donors (Lipinski definition) is 4. The molecule has 0 bridgehead atoms. The van der Waals surface area contributed by atoms with Gasteiger partial charge in [0.05, 0.1) is 23.3 Å². The molecule has 1 aliphatic rings. The molecule has 0 amide bonds. The third kappa shape index (κ3) is 7.54. The first-order valence-electron chi connectivity index (χ1n) is 9.45. The average Bonchev–Trinajstić information content (AvgIpc) is 3.22. The first-order valence-corrected chi connectivity index (χ1v) is 10.3. The Morgan fingerprint density at radius 1 is 1.33 bits per heavy atom. The lowest BCUT2D eigenvalue weighted by Crippen LogP contribution is -2.20. The first-order chi connectivity index (χ1) is 13.0. The summed E-state index contributed by atoms with van der Waals surface area (Å²) in [6.07, 6.45) is 11.0. The maximum absolute atomic E-state index is 10.5. The van der Waals surface area contributed by atoms with Crippen LogP contribution in [0.1, 0.15) is 43.5 Å². The molecule has 0 spiro atoms. The highest BCUT2D eigenvalue weighted by Crippen LogP contribution is 2.36. The largest absolute Gasteiger partial charge is 0.481 e. The van der Waals surface area contributed by atoms with Gasteiger partial charge in [0.25, 0.3) is 0 Å². The minimum atomic E-state index is -0.795. The Morgan fingerprint density at radius 3 is 2.85 bits per heavy atom. The second-order valence-corrected chi connectivity index (χ2v) is 8.00. The molecule has 27 heavy (non-hydrogen) atoms. The van der Waals surface area contributed by atoms with E-state index in [0.29, 0.717) is 38.5 Å². The lowest BCUT2D eigenvalue weighted by atomic mass is 9.89. The molecule has 1 saturated carbocycles. The zero-order valence-corrected chi connectivity index (χ0v) is 16.2. The van der Waals surface area contributed by atoms with Gasteiger partial charge in [-0.3, -0.25) is 4.79 Å². The fraction of sp³-hybridized carbons (Fsp3) is 0.600. The maximum Gasteiger partial charge on any atom is 0.303 e. The van der Waals surface area contributed by atoms with Crippen LogP contribution in [0.3, 0.4) is 0 Å². The van der Waals surface area contributed by atoms with E-state index in [9.17, 15) is 20.1 Å². The summed E-state index contributed by atoms with van der Waals surface area (Å²) in [4.78, 5) is 14.7. The number of nitrogens with zero attached hydrogens (tertiary/aromatic N) is 1. The number of carbonyl (C=O) groups is 1. The minimum absolute atomic E-state index is 0.0989. The van der Waals surface area contributed by atoms with E-state index in [1.54, 1.807) is 23.6 Å². The van der Waals surface area contributed by atoms with Gasteiger partial charge in [-0.15, -0.1) is 11.3 Å². The van der Waals surface area contributed by atoms with Crippen molar-refractivity contribution in [3.63, 3.8) is 0 Å². The van der Waals surface area contributed by atoms with E-state index < -0.39 is 24.3 Å². The molecule has 0 aliphatic heterocycles. The number of rotatable bonds is 11. The van der Waals surface area contributed by atoms with Crippen LogP contribution in [-0.2, 0) is 11.2 Å². The SMILES string of the molecule is O=C(O)CCC/C=C\C[C@H]1C(O)CC(O)[C@@H]1/C=C/C(O)CCc1nccs1. The number of aromatic nitrogens is 1. The highest BCUT2D eigenvalue weighted by atomic mass is 32.1. The predicted octanol–water partition coefficient (Wildman–Crippen LogP) is 2.55. The van der Waals surface area contributed by atoms with Crippen LogP contribution in [0.4, 0.5) is 0 Å². The minimum Gasteiger partial charge on any atom is -0.481 e. The van der Waals surface area contributed by atoms with E-state index in [1.165, 1.54) is 0 Å². The zero-order chi connectivity index (χ0) is 19.6. The number of allylic oxidation sites excluding steroid dienone is 2. The molecule has 1 aromatic heterocycles. The lowest BCUT2D eigenvalue weighted by molar-refractivity contribution is -0.137. The first kappa shape index (κ1) is 21.8. The molecule has 0 saturated heterocycles. The molecule has 5 atom stereocenters. The number of unbranched alkanes of at least 4 members (excludes halogenated alkanes) is 1. The van der Waals surface area contributed by atoms with Gasteiger partial charge in [-0.05, 0) is 31.6 Å². The zero-order valence-electron chi connectivity index (χ0n) is 15.4. The van der Waals surface area contributed by atoms with Crippen LogP contribution in [0.2, 0.25) is 0 Å². The number of carboxylic acids is 1. The molecule has 1 aromatic rings. The number of aliphatic hydroxyl groups excluding tert-OH is 3. The Morgan fingerprint density at radius 2 is 2.15 bits per heavy atom. The van der Waals surface area contributed by atoms with Crippen molar-refractivity contribution in [1.82, 2.24) is 4.98 Å². The monoisotopic (exact) mass is 395 g/mol. The van der Waals surface area contributed by atoms with Crippen molar-refractivity contribution < 1.29 is 25.2 Å². The van der Waals surface area contributed by atoms with Crippen LogP contribution in [-0.4, -0.2) is 49.7 Å². The fourth-order valence-electron chi connectivity index (χ4n) is 3.45. The van der Waals surface area contributed by atoms with E-state index in [1.807, 2.05) is 23.6 Å². The van der Waals surface area contributed by atoms with Gasteiger partial charge in [-0.25, -0.2) is 4.98 Å². The van der Waals surface area contributed by atoms with Gasteiger partial charge >= 0.3 is 5.97 Å². The summed E-state index contributed by atoms with van der Waals surface area (Å²) >= 11 is 1.57. The Kier molecular flexibility index (Phi) is 9.14. The molecule has 6 nitrogen and oxygen atoms in total. The molecule has 3 unspecified atom stereocenters. The Bertz CT molecular complexity index is 616. The number of aliphatic hydroxyl groups is 3. The van der Waals surface area contributed by atoms with Crippen LogP contribution in [0.5, 0.6) is 0 Å². The number of carboxylic acid groups (broad SMARTS) is 1. The molecule has 1 fully saturated rings. The summed E-state index contributed by atoms with van der Waals surface area (Å²) in [6.45, 7) is 0. The molecular weight excluding hydrogens is 366 g/mol. The molecule has 1 aliphatic carbocycles. The highest BCUT2D eigenvalue weighted by molar-refractivity contribution is 7.09. The molecule has 0 aromatic carbocycles. The van der Waals surface area contributed by atoms with Gasteiger partial charge < -0.3 is 20.4 Å². The topological polar surface area (TPSA) is 111 Å². The summed E-state index contributed by atoms with van der Waals surface area (Å²) in [7, 11) is 0. The van der Waals surface area contributed by atoms with Crippen LogP contribution in [0.25, 0.3) is 0 Å². The summed E-state index contributed by atoms with van der Waals surface area (Å²) in [5.41, 5.74) is 0. The molecule has 0 radical (unpaired) electrons. The van der Waals surface area contributed by atoms with Crippen molar-refractivity contribution in [2.75, 3.05) is 0 Å². The summed E-state index contributed by atoms with van der Waals surface area (Å²) < 4.78 is 0. The van der Waals surface area contributed by atoms with Gasteiger partial charge in [-0.1, -0.05) is 24.3 Å². The third-order valence-corrected chi connectivity index (χ3v) is 5.78. The second kappa shape index (κ2) is 11.3. The molecule has 150 valence electrons. The normalized spacial score (nSPS) is 26.9. The van der Waals surface area contributed by atoms with Gasteiger partial charge in [0, 0.05) is 36.8 Å². The van der Waals surface area contributed by atoms with Crippen LogP contribution in [0, 0.1) is 11.8 Å². The molecule has 4 N–H and O–H groups in total. The number of thiazole rings is 1. The molecule has 1 heterocycles. The molecule has 7 heteroatoms. The molecular formula is C20H29NO5S. The summed E-state index contributed by atoms with van der Waals surface area (Å²) in [6, 6.07) is 0. The predicted molar refractivity (Wildman–Crippen MR) is 104 cm³/mol. The summed E-state index contributed by atoms with van der Waals surface area (Å²) in [5, 5.41) is 42.1. The number of aryl methyl sites for hydroxylation is 1. The fourth-order valence-corrected chi connectivity index (χ4v) is 4.09. The Balaban J connectivity index is 1.81. The van der Waals surface area contributed by atoms with Crippen molar-refractivity contribution in [2.45, 2.75) is 63.3 Å². The van der Waals surface area contributed by atoms with Crippen molar-refractivity contribution in [2.24, 2.45) is 11.8 Å². The maximum atomic E-state index is 10.5. The van der Waals surface area contributed by atoms with Gasteiger partial charge in [0.15, 0.2) is 0 Å². The smallest absolute Gasteiger partial charge is 0.303 e. The van der Waals surface area contributed by atoms with Crippen molar-refractivity contribution >= 4 is 17.3 Å². The quantitative estimate of drug-likeness (QED) is 0.338. The summed E-state index contributed by atoms with van der Waals surface area (Å²) in [5.74, 6) is -1.09. The van der Waals surface area contributed by atoms with Crippen molar-refractivity contribution in [3.8, 4) is 0 Å². The van der Waals surface area contributed by atoms with E-state index in [0.717, 1.165) is 5.01 Å². The second-order valence-electron chi connectivity index (χ2n) is 7.02. The number of aliphatic carboxylic acids is 1. The van der Waals surface area contributed by atoms with E-state index in [-0.39, 0.29) is 18.3 Å². The van der Waals surface area contributed by atoms with Crippen LogP contribution >= 0.6 is 11.3 Å². The van der Waals surface area contributed by atoms with E-state index in [4.69, 9.17) is 5.11 Å². The van der Waals surface area contributed by atoms with Crippen molar-refractivity contribution in [1.29, 1.82) is 0 Å². The van der Waals surface area contributed by atoms with E-state index in [2.05, 4.69) is 4.98 Å². The number of hydrogen-bond acceptors (Lipinski definition) is 6. The van der Waals surface area contributed by atoms with Gasteiger partial charge in [0.1, 0.15) is 0 Å². The average molecular weight is 396 g/mol. The lowest BCUT2D eigenvalue weighted by Gasteiger charge is -2.19. The highest BCUT2D eigenvalue weighted by Gasteiger charge is 2.39. The van der Waals surface area contributed by atoms with Gasteiger partial charge in [-0.2, -0.15) is 0 Å². The van der Waals surface area contributed by atoms with Crippen LogP contribution < -0.4 is 0 Å². The standard InChI is InChI=1S/C20H29NO5S/c22-14(8-10-19-21-11-12-27-19)7-9-16-15(17(23)13-18(16)24)5-3-1-2-4-6-20(25)26/h1,3,7,9,11-12,14-18,22-24H,2,4-6,8,10,13H2,(H,25,26)/b3-1-,9-7+/t14?,15-,16-,17?,18?/m1/s1. The Hall–Kier alpha value is -1.54. The van der Waals surface area contributed by atoms with Crippen LogP contribution in [0.15, 0.2) is 35.9 Å². The van der Waals surface area contributed by atoms with Crippen molar-refractivity contribution in [3.05, 3.63) is 40.9 Å². The third-order valence-electron chi connectivity index (χ3n) is 4.95. The van der Waals surface area contributed by atoms with E-state index >= 15 is 0 Å².